The average Bonchev–Trinajstić information content (AvgIpc) is 3.36. The molecule has 4 aromatic rings. The van der Waals surface area contributed by atoms with Gasteiger partial charge in [-0.25, -0.2) is 4.98 Å². The summed E-state index contributed by atoms with van der Waals surface area (Å²) in [4.78, 5) is 29.6. The molecule has 0 saturated heterocycles. The summed E-state index contributed by atoms with van der Waals surface area (Å²) < 4.78 is 5.16. The monoisotopic (exact) mass is 473 g/mol. The fraction of sp³-hybridized carbons (Fsp3) is 0.120. The molecule has 0 fully saturated rings. The molecule has 0 radical (unpaired) electrons. The van der Waals surface area contributed by atoms with E-state index >= 15 is 0 Å². The predicted octanol–water partition coefficient (Wildman–Crippen LogP) is 4.14. The van der Waals surface area contributed by atoms with Crippen molar-refractivity contribution in [3.63, 3.8) is 0 Å². The van der Waals surface area contributed by atoms with Gasteiger partial charge in [0.05, 0.1) is 24.1 Å². The van der Waals surface area contributed by atoms with E-state index in [1.54, 1.807) is 31.4 Å². The second kappa shape index (κ2) is 11.2. The number of carbonyl (C=O) groups is 2. The van der Waals surface area contributed by atoms with E-state index < -0.39 is 0 Å². The molecule has 8 nitrogen and oxygen atoms in total. The number of nitrogens with zero attached hydrogens (tertiary/aromatic N) is 2. The molecule has 0 spiro atoms. The van der Waals surface area contributed by atoms with Crippen molar-refractivity contribution >= 4 is 29.3 Å². The lowest BCUT2D eigenvalue weighted by Crippen LogP contribution is -2.25. The maximum absolute atomic E-state index is 12.7. The number of H-pyrrole nitrogens is 1. The Bertz CT molecular complexity index is 1260. The number of methoxy groups -OCH3 is 1. The molecule has 172 valence electrons. The van der Waals surface area contributed by atoms with Crippen molar-refractivity contribution in [3.05, 3.63) is 90.0 Å². The Morgan fingerprint density at radius 2 is 1.71 bits per heavy atom. The van der Waals surface area contributed by atoms with Crippen LogP contribution in [0, 0.1) is 0 Å². The lowest BCUT2D eigenvalue weighted by Gasteiger charge is -2.11. The quantitative estimate of drug-likeness (QED) is 0.315. The number of benzene rings is 3. The molecular weight excluding hydrogens is 450 g/mol. The predicted molar refractivity (Wildman–Crippen MR) is 132 cm³/mol. The van der Waals surface area contributed by atoms with Gasteiger partial charge in [0.15, 0.2) is 5.82 Å². The number of hydrogen-bond acceptors (Lipinski definition) is 6. The summed E-state index contributed by atoms with van der Waals surface area (Å²) in [7, 11) is 1.61. The summed E-state index contributed by atoms with van der Waals surface area (Å²) in [6.45, 7) is 0.402. The van der Waals surface area contributed by atoms with E-state index in [0.717, 1.165) is 16.9 Å². The number of para-hydroxylation sites is 1. The van der Waals surface area contributed by atoms with Gasteiger partial charge >= 0.3 is 0 Å². The molecule has 9 heteroatoms. The van der Waals surface area contributed by atoms with Crippen molar-refractivity contribution in [2.75, 3.05) is 18.2 Å². The Hall–Kier alpha value is -4.11. The van der Waals surface area contributed by atoms with E-state index in [1.165, 1.54) is 11.8 Å². The topological polar surface area (TPSA) is 109 Å². The first-order valence-electron chi connectivity index (χ1n) is 10.5. The molecule has 2 amide bonds. The SMILES string of the molecule is COc1ccc(-c2nc(SCC(=O)Nc3ccccc3C(=O)NCc3ccccc3)n[nH]2)cc1. The zero-order chi connectivity index (χ0) is 23.8. The number of thioether (sulfide) groups is 1. The van der Waals surface area contributed by atoms with E-state index in [4.69, 9.17) is 4.74 Å². The van der Waals surface area contributed by atoms with Gasteiger partial charge in [0, 0.05) is 12.1 Å². The normalized spacial score (nSPS) is 10.5. The number of anilines is 1. The first-order valence-corrected chi connectivity index (χ1v) is 11.5. The molecule has 0 aliphatic heterocycles. The van der Waals surface area contributed by atoms with Crippen LogP contribution in [0.1, 0.15) is 15.9 Å². The van der Waals surface area contributed by atoms with Crippen LogP contribution >= 0.6 is 11.8 Å². The van der Waals surface area contributed by atoms with Crippen molar-refractivity contribution in [1.82, 2.24) is 20.5 Å². The Labute approximate surface area is 201 Å². The van der Waals surface area contributed by atoms with Crippen LogP contribution in [0.3, 0.4) is 0 Å². The molecule has 0 aliphatic carbocycles. The summed E-state index contributed by atoms with van der Waals surface area (Å²) in [6.07, 6.45) is 0. The number of nitrogens with one attached hydrogen (secondary N) is 3. The van der Waals surface area contributed by atoms with E-state index in [1.807, 2.05) is 54.6 Å². The number of carbonyl (C=O) groups excluding carboxylic acids is 2. The number of hydrogen-bond donors (Lipinski definition) is 3. The van der Waals surface area contributed by atoms with E-state index in [2.05, 4.69) is 25.8 Å². The van der Waals surface area contributed by atoms with Crippen LogP contribution < -0.4 is 15.4 Å². The highest BCUT2D eigenvalue weighted by atomic mass is 32.2. The Kier molecular flexibility index (Phi) is 7.56. The summed E-state index contributed by atoms with van der Waals surface area (Å²) >= 11 is 1.20. The zero-order valence-electron chi connectivity index (χ0n) is 18.4. The molecule has 1 aromatic heterocycles. The molecule has 34 heavy (non-hydrogen) atoms. The smallest absolute Gasteiger partial charge is 0.253 e. The third-order valence-corrected chi connectivity index (χ3v) is 5.75. The molecule has 3 aromatic carbocycles. The van der Waals surface area contributed by atoms with Crippen molar-refractivity contribution in [2.24, 2.45) is 0 Å². The van der Waals surface area contributed by atoms with Crippen LogP contribution in [-0.2, 0) is 11.3 Å². The van der Waals surface area contributed by atoms with Gasteiger partial charge < -0.3 is 15.4 Å². The summed E-state index contributed by atoms with van der Waals surface area (Å²) in [5, 5.41) is 13.2. The molecule has 0 bridgehead atoms. The summed E-state index contributed by atoms with van der Waals surface area (Å²) in [5.74, 6) is 0.934. The molecule has 3 N–H and O–H groups in total. The summed E-state index contributed by atoms with van der Waals surface area (Å²) in [5.41, 5.74) is 2.71. The second-order valence-electron chi connectivity index (χ2n) is 7.25. The number of amides is 2. The molecule has 0 aliphatic rings. The molecule has 0 unspecified atom stereocenters. The lowest BCUT2D eigenvalue weighted by molar-refractivity contribution is -0.113. The summed E-state index contributed by atoms with van der Waals surface area (Å²) in [6, 6.07) is 24.0. The van der Waals surface area contributed by atoms with Gasteiger partial charge in [-0.2, -0.15) is 0 Å². The van der Waals surface area contributed by atoms with Crippen LogP contribution in [0.25, 0.3) is 11.4 Å². The Balaban J connectivity index is 1.33. The second-order valence-corrected chi connectivity index (χ2v) is 8.19. The van der Waals surface area contributed by atoms with Crippen LogP contribution in [-0.4, -0.2) is 39.9 Å². The number of aromatic amines is 1. The van der Waals surface area contributed by atoms with Crippen molar-refractivity contribution < 1.29 is 14.3 Å². The zero-order valence-corrected chi connectivity index (χ0v) is 19.3. The highest BCUT2D eigenvalue weighted by Crippen LogP contribution is 2.22. The van der Waals surface area contributed by atoms with Crippen molar-refractivity contribution in [3.8, 4) is 17.1 Å². The highest BCUT2D eigenvalue weighted by Gasteiger charge is 2.14. The minimum atomic E-state index is -0.260. The molecule has 4 rings (SSSR count). The minimum absolute atomic E-state index is 0.0971. The lowest BCUT2D eigenvalue weighted by atomic mass is 10.1. The Morgan fingerprint density at radius 3 is 2.47 bits per heavy atom. The van der Waals surface area contributed by atoms with Gasteiger partial charge in [0.1, 0.15) is 5.75 Å². The number of aromatic nitrogens is 3. The van der Waals surface area contributed by atoms with Crippen molar-refractivity contribution in [1.29, 1.82) is 0 Å². The first-order chi connectivity index (χ1) is 16.6. The van der Waals surface area contributed by atoms with E-state index in [9.17, 15) is 9.59 Å². The average molecular weight is 474 g/mol. The van der Waals surface area contributed by atoms with E-state index in [-0.39, 0.29) is 17.6 Å². The van der Waals surface area contributed by atoms with Crippen LogP contribution in [0.4, 0.5) is 5.69 Å². The molecule has 1 heterocycles. The van der Waals surface area contributed by atoms with Gasteiger partial charge in [-0.05, 0) is 42.0 Å². The molecular formula is C25H23N5O3S. The van der Waals surface area contributed by atoms with Gasteiger partial charge in [-0.15, -0.1) is 5.10 Å². The van der Waals surface area contributed by atoms with Crippen LogP contribution in [0.2, 0.25) is 0 Å². The number of ether oxygens (including phenoxy) is 1. The maximum atomic E-state index is 12.7. The first kappa shape index (κ1) is 23.1. The third kappa shape index (κ3) is 6.02. The largest absolute Gasteiger partial charge is 0.497 e. The minimum Gasteiger partial charge on any atom is -0.497 e. The Morgan fingerprint density at radius 1 is 0.971 bits per heavy atom. The number of rotatable bonds is 9. The molecule has 0 saturated carbocycles. The van der Waals surface area contributed by atoms with Crippen LogP contribution in [0.15, 0.2) is 84.0 Å². The van der Waals surface area contributed by atoms with E-state index in [0.29, 0.717) is 28.8 Å². The van der Waals surface area contributed by atoms with Gasteiger partial charge in [-0.1, -0.05) is 54.2 Å². The fourth-order valence-electron chi connectivity index (χ4n) is 3.17. The third-order valence-electron chi connectivity index (χ3n) is 4.90. The molecule has 0 atom stereocenters. The standard InChI is InChI=1S/C25H23N5O3S/c1-33-19-13-11-18(12-14-19)23-28-25(30-29-23)34-16-22(31)27-21-10-6-5-9-20(21)24(32)26-15-17-7-3-2-4-8-17/h2-14H,15-16H2,1H3,(H,26,32)(H,27,31)(H,28,29,30). The van der Waals surface area contributed by atoms with Crippen molar-refractivity contribution in [2.45, 2.75) is 11.7 Å². The van der Waals surface area contributed by atoms with Gasteiger partial charge in [0.25, 0.3) is 5.91 Å². The van der Waals surface area contributed by atoms with Gasteiger partial charge in [0.2, 0.25) is 11.1 Å². The highest BCUT2D eigenvalue weighted by molar-refractivity contribution is 7.99. The van der Waals surface area contributed by atoms with Gasteiger partial charge in [-0.3, -0.25) is 14.7 Å². The maximum Gasteiger partial charge on any atom is 0.253 e. The van der Waals surface area contributed by atoms with Crippen LogP contribution in [0.5, 0.6) is 5.75 Å². The fourth-order valence-corrected chi connectivity index (χ4v) is 3.77.